The van der Waals surface area contributed by atoms with Crippen molar-refractivity contribution in [1.29, 1.82) is 0 Å². The van der Waals surface area contributed by atoms with Crippen LogP contribution in [0, 0.1) is 0 Å². The molecule has 0 heterocycles. The highest BCUT2D eigenvalue weighted by Crippen LogP contribution is 2.27. The van der Waals surface area contributed by atoms with Gasteiger partial charge in [-0.05, 0) is 19.1 Å². The zero-order valence-electron chi connectivity index (χ0n) is 10.4. The molecule has 0 saturated heterocycles. The summed E-state index contributed by atoms with van der Waals surface area (Å²) in [7, 11) is 0. The fourth-order valence-electron chi connectivity index (χ4n) is 1.06. The number of aromatic hydroxyl groups is 2. The number of rotatable bonds is 3. The standard InChI is InChI=1S/C8H6O6.C3H7NO2/c9-5-1-3(7(11)12)6(10)2-4(5)8(13)14;1-2-6-3(4)5/h1-2,9-10H,(H,11,12)(H,13,14);2H2,1H3,(H2,4,5). The van der Waals surface area contributed by atoms with Crippen molar-refractivity contribution in [3.05, 3.63) is 23.3 Å². The molecule has 1 aromatic carbocycles. The first-order valence-corrected chi connectivity index (χ1v) is 5.15. The summed E-state index contributed by atoms with van der Waals surface area (Å²) in [6.07, 6.45) is -0.711. The molecule has 1 rings (SSSR count). The molecule has 0 atom stereocenters. The zero-order valence-corrected chi connectivity index (χ0v) is 10.4. The van der Waals surface area contributed by atoms with Crippen LogP contribution in [0.25, 0.3) is 0 Å². The molecule has 0 bridgehead atoms. The molecular weight excluding hydrogens is 274 g/mol. The van der Waals surface area contributed by atoms with Crippen LogP contribution in [-0.4, -0.2) is 45.1 Å². The Labute approximate surface area is 112 Å². The fourth-order valence-corrected chi connectivity index (χ4v) is 1.06. The summed E-state index contributed by atoms with van der Waals surface area (Å²) in [5.74, 6) is -4.30. The number of amides is 1. The number of benzene rings is 1. The summed E-state index contributed by atoms with van der Waals surface area (Å²) in [5.41, 5.74) is 3.44. The third kappa shape index (κ3) is 5.12. The molecular formula is C11H13NO8. The second-order valence-corrected chi connectivity index (χ2v) is 3.25. The molecule has 1 amide bonds. The van der Waals surface area contributed by atoms with E-state index < -0.39 is 40.7 Å². The van der Waals surface area contributed by atoms with Gasteiger partial charge >= 0.3 is 18.0 Å². The van der Waals surface area contributed by atoms with Gasteiger partial charge in [0.1, 0.15) is 22.6 Å². The van der Waals surface area contributed by atoms with Gasteiger partial charge in [0.15, 0.2) is 0 Å². The number of hydrogen-bond donors (Lipinski definition) is 5. The average molecular weight is 287 g/mol. The van der Waals surface area contributed by atoms with E-state index in [4.69, 9.17) is 20.4 Å². The molecule has 0 spiro atoms. The Morgan fingerprint density at radius 2 is 1.40 bits per heavy atom. The lowest BCUT2D eigenvalue weighted by atomic mass is 10.1. The van der Waals surface area contributed by atoms with Gasteiger partial charge in [-0.3, -0.25) is 0 Å². The maximum Gasteiger partial charge on any atom is 0.404 e. The SMILES string of the molecule is CCOC(N)=O.O=C(O)c1cc(O)c(C(=O)O)cc1O. The third-order valence-corrected chi connectivity index (χ3v) is 1.86. The average Bonchev–Trinajstić information content (AvgIpc) is 2.31. The van der Waals surface area contributed by atoms with E-state index in [9.17, 15) is 14.4 Å². The summed E-state index contributed by atoms with van der Waals surface area (Å²) in [5, 5.41) is 35.2. The van der Waals surface area contributed by atoms with Crippen LogP contribution in [0.5, 0.6) is 11.5 Å². The first kappa shape index (κ1) is 17.0. The van der Waals surface area contributed by atoms with Crippen molar-refractivity contribution >= 4 is 18.0 Å². The number of nitrogens with two attached hydrogens (primary N) is 1. The lowest BCUT2D eigenvalue weighted by molar-refractivity contribution is 0.0675. The molecule has 6 N–H and O–H groups in total. The number of primary amides is 1. The molecule has 0 aliphatic rings. The Kier molecular flexibility index (Phi) is 6.35. The molecule has 1 aromatic rings. The van der Waals surface area contributed by atoms with E-state index in [0.717, 1.165) is 0 Å². The van der Waals surface area contributed by atoms with E-state index in [1.165, 1.54) is 0 Å². The summed E-state index contributed by atoms with van der Waals surface area (Å²) in [6.45, 7) is 2.06. The Morgan fingerprint density at radius 3 is 1.55 bits per heavy atom. The van der Waals surface area contributed by atoms with E-state index in [2.05, 4.69) is 10.5 Å². The maximum absolute atomic E-state index is 10.4. The predicted molar refractivity (Wildman–Crippen MR) is 64.9 cm³/mol. The molecule has 0 fully saturated rings. The van der Waals surface area contributed by atoms with Crippen LogP contribution in [0.15, 0.2) is 12.1 Å². The molecule has 9 nitrogen and oxygen atoms in total. The minimum Gasteiger partial charge on any atom is -0.507 e. The number of carboxylic acids is 2. The molecule has 0 aromatic heterocycles. The number of carbonyl (C=O) groups excluding carboxylic acids is 1. The van der Waals surface area contributed by atoms with Crippen molar-refractivity contribution in [3.63, 3.8) is 0 Å². The largest absolute Gasteiger partial charge is 0.507 e. The summed E-state index contributed by atoms with van der Waals surface area (Å²) >= 11 is 0. The van der Waals surface area contributed by atoms with Gasteiger partial charge in [-0.1, -0.05) is 0 Å². The summed E-state index contributed by atoms with van der Waals surface area (Å²) < 4.78 is 4.18. The number of carboxylic acid groups (broad SMARTS) is 2. The molecule has 0 aliphatic carbocycles. The molecule has 0 unspecified atom stereocenters. The van der Waals surface area contributed by atoms with Gasteiger partial charge in [0.2, 0.25) is 0 Å². The van der Waals surface area contributed by atoms with Crippen LogP contribution in [0.3, 0.4) is 0 Å². The second kappa shape index (κ2) is 7.46. The van der Waals surface area contributed by atoms with Gasteiger partial charge in [-0.2, -0.15) is 0 Å². The monoisotopic (exact) mass is 287 g/mol. The van der Waals surface area contributed by atoms with E-state index >= 15 is 0 Å². The lowest BCUT2D eigenvalue weighted by Crippen LogP contribution is -2.11. The van der Waals surface area contributed by atoms with Gasteiger partial charge in [0, 0.05) is 0 Å². The third-order valence-electron chi connectivity index (χ3n) is 1.86. The number of aromatic carboxylic acids is 2. The highest BCUT2D eigenvalue weighted by Gasteiger charge is 2.17. The van der Waals surface area contributed by atoms with Crippen molar-refractivity contribution < 1.29 is 39.5 Å². The molecule has 0 saturated carbocycles. The Balaban J connectivity index is 0.000000511. The van der Waals surface area contributed by atoms with E-state index in [1.807, 2.05) is 0 Å². The minimum atomic E-state index is -1.45. The van der Waals surface area contributed by atoms with Crippen LogP contribution in [-0.2, 0) is 4.74 Å². The molecule has 0 aliphatic heterocycles. The van der Waals surface area contributed by atoms with Gasteiger partial charge in [0.05, 0.1) is 6.61 Å². The van der Waals surface area contributed by atoms with Crippen LogP contribution >= 0.6 is 0 Å². The smallest absolute Gasteiger partial charge is 0.404 e. The van der Waals surface area contributed by atoms with E-state index in [1.54, 1.807) is 6.92 Å². The lowest BCUT2D eigenvalue weighted by Gasteiger charge is -2.03. The number of phenols is 2. The van der Waals surface area contributed by atoms with Gasteiger partial charge in [-0.15, -0.1) is 0 Å². The van der Waals surface area contributed by atoms with Gasteiger partial charge < -0.3 is 30.9 Å². The van der Waals surface area contributed by atoms with Crippen LogP contribution in [0.4, 0.5) is 4.79 Å². The number of carbonyl (C=O) groups is 3. The predicted octanol–water partition coefficient (Wildman–Crippen LogP) is 0.596. The van der Waals surface area contributed by atoms with Gasteiger partial charge in [0.25, 0.3) is 0 Å². The minimum absolute atomic E-state index is 0.356. The zero-order chi connectivity index (χ0) is 15.9. The summed E-state index contributed by atoms with van der Waals surface area (Å²) in [6, 6.07) is 1.36. The summed E-state index contributed by atoms with van der Waals surface area (Å²) in [4.78, 5) is 30.5. The molecule has 110 valence electrons. The maximum atomic E-state index is 10.4. The number of hydrogen-bond acceptors (Lipinski definition) is 6. The second-order valence-electron chi connectivity index (χ2n) is 3.25. The Hall–Kier alpha value is -2.97. The van der Waals surface area contributed by atoms with Crippen LogP contribution in [0.1, 0.15) is 27.6 Å². The molecule has 9 heteroatoms. The van der Waals surface area contributed by atoms with Crippen LogP contribution in [0.2, 0.25) is 0 Å². The quantitative estimate of drug-likeness (QED) is 0.503. The van der Waals surface area contributed by atoms with E-state index in [-0.39, 0.29) is 0 Å². The van der Waals surface area contributed by atoms with Crippen molar-refractivity contribution in [2.24, 2.45) is 5.73 Å². The first-order chi connectivity index (χ1) is 9.20. The highest BCUT2D eigenvalue weighted by molar-refractivity contribution is 5.96. The van der Waals surface area contributed by atoms with Crippen LogP contribution < -0.4 is 5.73 Å². The van der Waals surface area contributed by atoms with Crippen molar-refractivity contribution in [3.8, 4) is 11.5 Å². The molecule has 20 heavy (non-hydrogen) atoms. The normalized spacial score (nSPS) is 9.05. The van der Waals surface area contributed by atoms with Crippen molar-refractivity contribution in [2.45, 2.75) is 6.92 Å². The topological polar surface area (TPSA) is 167 Å². The Bertz CT molecular complexity index is 486. The highest BCUT2D eigenvalue weighted by atomic mass is 16.5. The fraction of sp³-hybridized carbons (Fsp3) is 0.182. The van der Waals surface area contributed by atoms with E-state index in [0.29, 0.717) is 18.7 Å². The Morgan fingerprint density at radius 1 is 1.05 bits per heavy atom. The number of ether oxygens (including phenoxy) is 1. The van der Waals surface area contributed by atoms with Crippen molar-refractivity contribution in [2.75, 3.05) is 6.61 Å². The molecule has 0 radical (unpaired) electrons. The van der Waals surface area contributed by atoms with Gasteiger partial charge in [-0.25, -0.2) is 14.4 Å². The first-order valence-electron chi connectivity index (χ1n) is 5.15. The van der Waals surface area contributed by atoms with Crippen molar-refractivity contribution in [1.82, 2.24) is 0 Å².